The topological polar surface area (TPSA) is 262 Å². The van der Waals surface area contributed by atoms with Crippen LogP contribution in [-0.2, 0) is 14.4 Å². The molecule has 18 nitrogen and oxygen atoms in total. The number of nitrogens with one attached hydrogen (secondary N) is 2. The molecule has 0 atom stereocenters. The molecule has 0 saturated heterocycles. The average molecular weight is 2330 g/mol. The zero-order chi connectivity index (χ0) is 120. The van der Waals surface area contributed by atoms with Gasteiger partial charge in [0.25, 0.3) is 11.8 Å². The fourth-order valence-corrected chi connectivity index (χ4v) is 9.43. The maximum absolute atomic E-state index is 12.9. The molecule has 0 unspecified atom stereocenters. The molecule has 2 aromatic carbocycles. The Bertz CT molecular complexity index is 3220. The highest BCUT2D eigenvalue weighted by Crippen LogP contribution is 2.60. The number of aliphatic carboxylic acids is 1. The molecule has 5 aromatic heterocycles. The van der Waals surface area contributed by atoms with Crippen molar-refractivity contribution in [2.45, 2.75) is 78.6 Å². The molecule has 2 amide bonds. The molecule has 870 valence electrons. The van der Waals surface area contributed by atoms with Crippen molar-refractivity contribution in [3.63, 3.8) is 0 Å². The number of carbonyl (C=O) groups is 5. The summed E-state index contributed by atoms with van der Waals surface area (Å²) in [6.07, 6.45) is 12.7. The highest BCUT2D eigenvalue weighted by molar-refractivity contribution is 6.06. The van der Waals surface area contributed by atoms with Gasteiger partial charge in [-0.25, -0.2) is 9.97 Å². The minimum atomic E-state index is -0.699. The van der Waals surface area contributed by atoms with E-state index in [-0.39, 0.29) is 52.4 Å². The number of amidine groups is 1. The van der Waals surface area contributed by atoms with Crippen LogP contribution in [0.5, 0.6) is 0 Å². The van der Waals surface area contributed by atoms with Crippen molar-refractivity contribution >= 4 is 57.9 Å². The van der Waals surface area contributed by atoms with Crippen molar-refractivity contribution in [1.82, 2.24) is 28.9 Å². The third-order valence-electron chi connectivity index (χ3n) is 13.1. The van der Waals surface area contributed by atoms with Crippen LogP contribution in [0.2, 0.25) is 0 Å². The minimum absolute atomic E-state index is 0. The summed E-state index contributed by atoms with van der Waals surface area (Å²) >= 11 is 0. The van der Waals surface area contributed by atoms with Gasteiger partial charge in [-0.2, -0.15) is 4.98 Å². The highest BCUT2D eigenvalue weighted by atomic mass is 20.1. The first-order chi connectivity index (χ1) is 68.7. The molecule has 4 fully saturated rings. The molecule has 4 aliphatic rings. The Morgan fingerprint density at radius 1 is 0.380 bits per heavy atom. The van der Waals surface area contributed by atoms with Crippen molar-refractivity contribution < 1.29 is 382 Å². The normalized spacial score (nSPS) is 9.51. The molecule has 142 heavy (non-hydrogen) atoms. The molecule has 7 aromatic rings. The summed E-state index contributed by atoms with van der Waals surface area (Å²) in [7, 11) is 0. The van der Waals surface area contributed by atoms with E-state index in [1.165, 1.54) is 6.20 Å². The number of carboxylic acid groups (broad SMARTS) is 1. The van der Waals surface area contributed by atoms with E-state index in [0.717, 1.165) is 42.4 Å². The zero-order valence-electron chi connectivity index (χ0n) is 64.5. The maximum atomic E-state index is 12.9. The van der Waals surface area contributed by atoms with E-state index < -0.39 is 5.97 Å². The summed E-state index contributed by atoms with van der Waals surface area (Å²) in [5.74, 6) is 0.591. The number of amides is 2. The third kappa shape index (κ3) is 109. The number of aryl methyl sites for hydroxylation is 2. The van der Waals surface area contributed by atoms with E-state index in [0.29, 0.717) is 88.6 Å². The Hall–Kier alpha value is -13.3. The first kappa shape index (κ1) is 220. The number of oxime groups is 1. The molecule has 0 bridgehead atoms. The van der Waals surface area contributed by atoms with E-state index >= 15 is 0 Å². The quantitative estimate of drug-likeness (QED) is 0.0312. The number of ketones is 2. The second-order valence-corrected chi connectivity index (χ2v) is 17.9. The van der Waals surface area contributed by atoms with Crippen LogP contribution in [0.4, 0.5) is 355 Å². The van der Waals surface area contributed by atoms with Crippen LogP contribution in [0.3, 0.4) is 0 Å². The van der Waals surface area contributed by atoms with Gasteiger partial charge in [-0.15, -0.1) is 0 Å². The molecule has 4 saturated carbocycles. The van der Waals surface area contributed by atoms with Gasteiger partial charge in [0, 0.05) is 405 Å². The fourth-order valence-electron chi connectivity index (χ4n) is 9.43. The first-order valence-electron chi connectivity index (χ1n) is 26.8. The van der Waals surface area contributed by atoms with E-state index in [2.05, 4.69) is 35.9 Å². The second kappa shape index (κ2) is 219. The standard InChI is InChI=1S/C24H21N5O3.C16H15N5O2.C8H10O3.CH4.37F2.FH/c1-14-5-6-15(21-27-23(32-28-21)16-9-24(10-16)11-17(30)12-24)8-18(14)26-22(31)19-13-25-20-4-2-3-7-29(19)20;1-10-5-6-11(15(17)20-23)8-12(10)19-16(22)13-9-18-14-4-2-3-7-21(13)14;9-6-3-8(4-6)1-5(2-8)7(10)11;;37*1-2;/h2-8,13,16H,9-12H2,1H3,(H,26,31);2-9,23H,1H3,(H2,17,20)(H,19,22);5H,1-4H2,(H,10,11);1H4;;;;;;;;;;;;;;;;;;;;;;;;;;;;;;;;;;;;;;1H. The Kier molecular flexibility index (Phi) is 340. The Morgan fingerprint density at radius 2 is 0.627 bits per heavy atom. The van der Waals surface area contributed by atoms with Crippen LogP contribution in [0, 0.1) is 30.6 Å². The number of carboxylic acids is 1. The number of nitrogens with two attached hydrogens (primary N) is 1. The lowest BCUT2D eigenvalue weighted by Crippen LogP contribution is -2.50. The number of nitrogens with zero attached hydrogens (tertiary/aromatic N) is 7. The lowest BCUT2D eigenvalue weighted by molar-refractivity contribution is -0.160. The van der Waals surface area contributed by atoms with E-state index in [1.807, 2.05) is 74.6 Å². The predicted molar refractivity (Wildman–Crippen MR) is 331 cm³/mol. The number of halogens is 75. The molecule has 6 N–H and O–H groups in total. The smallest absolute Gasteiger partial charge is 0.306 e. The SMILES string of the molecule is C.Cc1ccc(-c2noc(C3CC4(CC(=O)C4)C3)n2)cc1NC(=O)c1cnc2ccccn12.Cc1ccc(/C(N)=N/O)cc1NC(=O)c1cnc2ccccn12.F.FF.FF.FF.FF.FF.FF.FF.FF.FF.FF.FF.FF.FF.FF.FF.FF.FF.FF.FF.FF.FF.FF.FF.FF.FF.FF.FF.FF.FF.FF.FF.FF.FF.FF.FF.FF.FF.O=C1CC2(C1)CC(C(=O)O)C2. The van der Waals surface area contributed by atoms with Crippen molar-refractivity contribution in [1.29, 1.82) is 0 Å². The number of imidazole rings is 2. The Balaban J connectivity index is -0.0000000345. The van der Waals surface area contributed by atoms with Crippen molar-refractivity contribution in [2.75, 3.05) is 10.6 Å². The largest absolute Gasteiger partial charge is 0.481 e. The number of benzene rings is 2. The van der Waals surface area contributed by atoms with Crippen LogP contribution in [0.15, 0.2) is 107 Å². The van der Waals surface area contributed by atoms with Crippen molar-refractivity contribution in [3.8, 4) is 11.4 Å². The van der Waals surface area contributed by atoms with Crippen LogP contribution in [0.25, 0.3) is 22.7 Å². The van der Waals surface area contributed by atoms with Gasteiger partial charge in [-0.05, 0) is 97.9 Å². The predicted octanol–water partition coefficient (Wildman–Crippen LogP) is 38.9. The summed E-state index contributed by atoms with van der Waals surface area (Å²) in [6.45, 7) is 3.80. The van der Waals surface area contributed by atoms with Crippen molar-refractivity contribution in [2.24, 2.45) is 27.6 Å². The Morgan fingerprint density at radius 3 is 0.873 bits per heavy atom. The molecule has 11 rings (SSSR count). The number of hydrogen-bond acceptors (Lipinski definition) is 12. The number of Topliss-reactive ketones (excluding diaryl/α,β-unsaturated/α-hetero) is 2. The van der Waals surface area contributed by atoms with E-state index in [4.69, 9.17) is 359 Å². The van der Waals surface area contributed by atoms with Crippen LogP contribution in [0.1, 0.15) is 108 Å². The maximum Gasteiger partial charge on any atom is 0.306 e. The van der Waals surface area contributed by atoms with Crippen molar-refractivity contribution in [3.05, 3.63) is 132 Å². The molecule has 2 spiro atoms. The first-order valence-corrected chi connectivity index (χ1v) is 26.8. The van der Waals surface area contributed by atoms with E-state index in [9.17, 15) is 24.0 Å². The summed E-state index contributed by atoms with van der Waals surface area (Å²) in [4.78, 5) is 70.8. The summed E-state index contributed by atoms with van der Waals surface area (Å²) in [6, 6.07) is 22.0. The number of aromatic nitrogens is 6. The summed E-state index contributed by atoms with van der Waals surface area (Å²) in [5.41, 5.74) is 12.6. The Labute approximate surface area is 729 Å². The molecule has 93 heteroatoms. The lowest BCUT2D eigenvalue weighted by Gasteiger charge is -2.51. The molecule has 4 aliphatic carbocycles. The van der Waals surface area contributed by atoms with Gasteiger partial charge in [-0.3, -0.25) is 37.5 Å². The molecular weight excluding hydrogens is 2280 g/mol. The van der Waals surface area contributed by atoms with Crippen LogP contribution >= 0.6 is 0 Å². The van der Waals surface area contributed by atoms with Gasteiger partial charge in [-0.1, -0.05) is 54.1 Å². The van der Waals surface area contributed by atoms with Gasteiger partial charge in [0.1, 0.15) is 34.2 Å². The van der Waals surface area contributed by atoms with Gasteiger partial charge in [0.05, 0.1) is 18.3 Å². The fraction of sp³-hybridized carbons (Fsp3) is 0.306. The zero-order valence-corrected chi connectivity index (χ0v) is 64.5. The number of fused-ring (bicyclic) bond motifs is 2. The highest BCUT2D eigenvalue weighted by Gasteiger charge is 2.55. The van der Waals surface area contributed by atoms with E-state index in [1.54, 1.807) is 39.4 Å². The summed E-state index contributed by atoms with van der Waals surface area (Å²) < 4.78 is 601. The molecule has 0 aliphatic heterocycles. The average Bonchev–Trinajstić information content (AvgIpc) is 1.13. The lowest BCUT2D eigenvalue weighted by atomic mass is 9.51. The monoisotopic (exact) mass is 2330 g/mol. The van der Waals surface area contributed by atoms with Gasteiger partial charge >= 0.3 is 5.97 Å². The van der Waals surface area contributed by atoms with Gasteiger partial charge in [0.2, 0.25) is 11.7 Å². The minimum Gasteiger partial charge on any atom is -0.481 e. The second-order valence-electron chi connectivity index (χ2n) is 17.9. The third-order valence-corrected chi connectivity index (χ3v) is 13.1. The van der Waals surface area contributed by atoms with Crippen LogP contribution < -0.4 is 16.4 Å². The molecule has 0 radical (unpaired) electrons. The molecule has 5 heterocycles. The number of pyridine rings is 2. The summed E-state index contributed by atoms with van der Waals surface area (Å²) in [5, 5.41) is 30.3. The number of hydrogen-bond donors (Lipinski definition) is 5. The molecular formula is C49H51F75N10O8. The number of rotatable bonds is 8. The number of carbonyl (C=O) groups excluding carboxylic acids is 4. The van der Waals surface area contributed by atoms with Gasteiger partial charge < -0.3 is 31.2 Å². The van der Waals surface area contributed by atoms with Crippen LogP contribution in [-0.4, -0.2) is 74.4 Å². The van der Waals surface area contributed by atoms with Gasteiger partial charge in [0.15, 0.2) is 5.84 Å². The number of anilines is 2.